The second-order valence-corrected chi connectivity index (χ2v) is 9.22. The van der Waals surface area contributed by atoms with E-state index >= 15 is 0 Å². The molecule has 1 aliphatic heterocycles. The fraction of sp³-hybridized carbons (Fsp3) is 0.185. The zero-order valence-electron chi connectivity index (χ0n) is 17.2. The first kappa shape index (κ1) is 20.0. The normalized spacial score (nSPS) is 22.6. The first-order valence-corrected chi connectivity index (χ1v) is 11.2. The van der Waals surface area contributed by atoms with Gasteiger partial charge in [0, 0.05) is 22.5 Å². The number of benzene rings is 3. The lowest BCUT2D eigenvalue weighted by Crippen LogP contribution is -2.47. The van der Waals surface area contributed by atoms with Gasteiger partial charge < -0.3 is 4.90 Å². The predicted molar refractivity (Wildman–Crippen MR) is 126 cm³/mol. The van der Waals surface area contributed by atoms with E-state index in [4.69, 9.17) is 0 Å². The van der Waals surface area contributed by atoms with Gasteiger partial charge in [-0.05, 0) is 53.5 Å². The molecular weight excluding hydrogens is 450 g/mol. The van der Waals surface area contributed by atoms with E-state index in [-0.39, 0.29) is 17.6 Å². The summed E-state index contributed by atoms with van der Waals surface area (Å²) in [7, 11) is 0. The smallest absolute Gasteiger partial charge is 0.242 e. The van der Waals surface area contributed by atoms with Crippen LogP contribution in [0.4, 0.5) is 5.69 Å². The largest absolute Gasteiger partial charge is 0.307 e. The van der Waals surface area contributed by atoms with E-state index < -0.39 is 5.41 Å². The lowest BCUT2D eigenvalue weighted by Gasteiger charge is -2.40. The van der Waals surface area contributed by atoms with Gasteiger partial charge >= 0.3 is 0 Å². The minimum Gasteiger partial charge on any atom is -0.307 e. The van der Waals surface area contributed by atoms with Crippen LogP contribution in [0.1, 0.15) is 36.0 Å². The van der Waals surface area contributed by atoms with Crippen molar-refractivity contribution in [2.24, 2.45) is 0 Å². The minimum atomic E-state index is -0.875. The Morgan fingerprint density at radius 3 is 2.48 bits per heavy atom. The Morgan fingerprint density at radius 1 is 0.968 bits per heavy atom. The highest BCUT2D eigenvalue weighted by atomic mass is 79.9. The number of hydrogen-bond acceptors (Lipinski definition) is 2. The fourth-order valence-corrected chi connectivity index (χ4v) is 5.67. The molecule has 3 aromatic carbocycles. The van der Waals surface area contributed by atoms with Crippen molar-refractivity contribution in [1.82, 2.24) is 0 Å². The standard InChI is InChI=1S/C27H22BrNO2/c1-18-14-22(30)16-24(20-10-7-11-21(28)15-20)27(18)23-12-5-6-13-25(23)29(26(27)31)17-19-8-3-2-4-9-19/h2-15,24H,16-17H2,1H3/t24-,27+/m1/s1. The Bertz CT molecular complexity index is 1220. The van der Waals surface area contributed by atoms with Gasteiger partial charge in [-0.3, -0.25) is 9.59 Å². The van der Waals surface area contributed by atoms with Gasteiger partial charge in [-0.15, -0.1) is 0 Å². The summed E-state index contributed by atoms with van der Waals surface area (Å²) in [6.07, 6.45) is 1.99. The van der Waals surface area contributed by atoms with Gasteiger partial charge in [0.05, 0.1) is 6.54 Å². The molecule has 1 amide bonds. The van der Waals surface area contributed by atoms with Crippen LogP contribution < -0.4 is 4.90 Å². The van der Waals surface area contributed by atoms with Gasteiger partial charge in [0.2, 0.25) is 5.91 Å². The maximum atomic E-state index is 14.3. The number of halogens is 1. The van der Waals surface area contributed by atoms with Crippen molar-refractivity contribution < 1.29 is 9.59 Å². The topological polar surface area (TPSA) is 37.4 Å². The molecule has 0 fully saturated rings. The van der Waals surface area contributed by atoms with Gasteiger partial charge in [0.15, 0.2) is 5.78 Å². The maximum absolute atomic E-state index is 14.3. The zero-order valence-corrected chi connectivity index (χ0v) is 18.8. The van der Waals surface area contributed by atoms with Gasteiger partial charge in [-0.2, -0.15) is 0 Å². The fourth-order valence-electron chi connectivity index (χ4n) is 5.26. The monoisotopic (exact) mass is 471 g/mol. The van der Waals surface area contributed by atoms with Crippen LogP contribution in [0.2, 0.25) is 0 Å². The molecule has 0 saturated heterocycles. The van der Waals surface area contributed by atoms with E-state index in [0.717, 1.165) is 32.4 Å². The predicted octanol–water partition coefficient (Wildman–Crippen LogP) is 5.94. The van der Waals surface area contributed by atoms with Crippen molar-refractivity contribution in [2.75, 3.05) is 4.90 Å². The molecule has 0 unspecified atom stereocenters. The molecule has 3 nitrogen and oxygen atoms in total. The summed E-state index contributed by atoms with van der Waals surface area (Å²) in [5.41, 5.74) is 3.94. The van der Waals surface area contributed by atoms with Crippen LogP contribution in [0.5, 0.6) is 0 Å². The Kier molecular flexibility index (Phi) is 4.90. The molecule has 0 radical (unpaired) electrons. The van der Waals surface area contributed by atoms with E-state index in [2.05, 4.69) is 22.0 Å². The van der Waals surface area contributed by atoms with Crippen LogP contribution in [-0.2, 0) is 21.5 Å². The third kappa shape index (κ3) is 3.09. The SMILES string of the molecule is CC1=CC(=O)C[C@H](c2cccc(Br)c2)[C@]12C(=O)N(Cc1ccccc1)c1ccccc12. The van der Waals surface area contributed by atoms with Crippen LogP contribution in [0, 0.1) is 0 Å². The molecule has 1 heterocycles. The number of amides is 1. The number of allylic oxidation sites excluding steroid dienone is 1. The number of fused-ring (bicyclic) bond motifs is 2. The van der Waals surface area contributed by atoms with Gasteiger partial charge in [0.1, 0.15) is 5.41 Å². The van der Waals surface area contributed by atoms with E-state index in [9.17, 15) is 9.59 Å². The maximum Gasteiger partial charge on any atom is 0.242 e. The third-order valence-electron chi connectivity index (χ3n) is 6.56. The summed E-state index contributed by atoms with van der Waals surface area (Å²) in [4.78, 5) is 28.8. The average Bonchev–Trinajstić information content (AvgIpc) is 3.01. The Hall–Kier alpha value is -2.98. The molecule has 2 atom stereocenters. The highest BCUT2D eigenvalue weighted by molar-refractivity contribution is 9.10. The number of para-hydroxylation sites is 1. The van der Waals surface area contributed by atoms with Gasteiger partial charge in [-0.25, -0.2) is 0 Å². The third-order valence-corrected chi connectivity index (χ3v) is 7.06. The Balaban J connectivity index is 1.72. The second-order valence-electron chi connectivity index (χ2n) is 8.31. The highest BCUT2D eigenvalue weighted by Crippen LogP contribution is 2.57. The molecule has 1 aliphatic carbocycles. The van der Waals surface area contributed by atoms with Crippen molar-refractivity contribution in [3.63, 3.8) is 0 Å². The van der Waals surface area contributed by atoms with Crippen LogP contribution in [0.15, 0.2) is 95.0 Å². The molecule has 4 heteroatoms. The molecule has 0 saturated carbocycles. The van der Waals surface area contributed by atoms with Crippen LogP contribution in [-0.4, -0.2) is 11.7 Å². The van der Waals surface area contributed by atoms with Crippen molar-refractivity contribution >= 4 is 33.3 Å². The second kappa shape index (κ2) is 7.61. The first-order valence-electron chi connectivity index (χ1n) is 10.4. The summed E-state index contributed by atoms with van der Waals surface area (Å²) >= 11 is 3.56. The number of ketones is 1. The van der Waals surface area contributed by atoms with Crippen LogP contribution in [0.3, 0.4) is 0 Å². The molecule has 0 aromatic heterocycles. The van der Waals surface area contributed by atoms with Crippen molar-refractivity contribution in [3.05, 3.63) is 112 Å². The highest BCUT2D eigenvalue weighted by Gasteiger charge is 2.58. The zero-order chi connectivity index (χ0) is 21.6. The number of nitrogens with zero attached hydrogens (tertiary/aromatic N) is 1. The summed E-state index contributed by atoms with van der Waals surface area (Å²) in [6.45, 7) is 2.44. The molecule has 2 aliphatic rings. The van der Waals surface area contributed by atoms with Gasteiger partial charge in [-0.1, -0.05) is 76.6 Å². The van der Waals surface area contributed by atoms with Gasteiger partial charge in [0.25, 0.3) is 0 Å². The lowest BCUT2D eigenvalue weighted by atomic mass is 9.60. The van der Waals surface area contributed by atoms with E-state index in [1.807, 2.05) is 84.6 Å². The van der Waals surface area contributed by atoms with E-state index in [0.29, 0.717) is 13.0 Å². The van der Waals surface area contributed by atoms with E-state index in [1.165, 1.54) is 0 Å². The molecule has 0 N–H and O–H groups in total. The molecule has 5 rings (SSSR count). The summed E-state index contributed by atoms with van der Waals surface area (Å²) < 4.78 is 0.944. The Morgan fingerprint density at radius 2 is 1.71 bits per heavy atom. The van der Waals surface area contributed by atoms with Crippen molar-refractivity contribution in [2.45, 2.75) is 31.2 Å². The number of carbonyl (C=O) groups is 2. The molecule has 0 bridgehead atoms. The number of hydrogen-bond donors (Lipinski definition) is 0. The van der Waals surface area contributed by atoms with Crippen LogP contribution in [0.25, 0.3) is 0 Å². The summed E-state index contributed by atoms with van der Waals surface area (Å²) in [5.74, 6) is -0.138. The number of anilines is 1. The average molecular weight is 472 g/mol. The van der Waals surface area contributed by atoms with Crippen molar-refractivity contribution in [3.8, 4) is 0 Å². The quantitative estimate of drug-likeness (QED) is 0.474. The lowest BCUT2D eigenvalue weighted by molar-refractivity contribution is -0.124. The molecule has 31 heavy (non-hydrogen) atoms. The van der Waals surface area contributed by atoms with Crippen LogP contribution >= 0.6 is 15.9 Å². The number of carbonyl (C=O) groups excluding carboxylic acids is 2. The Labute approximate surface area is 190 Å². The summed E-state index contributed by atoms with van der Waals surface area (Å²) in [5, 5.41) is 0. The van der Waals surface area contributed by atoms with Crippen molar-refractivity contribution in [1.29, 1.82) is 0 Å². The molecule has 3 aromatic rings. The summed E-state index contributed by atoms with van der Waals surface area (Å²) in [6, 6.07) is 26.1. The number of rotatable bonds is 3. The first-order chi connectivity index (χ1) is 15.0. The minimum absolute atomic E-state index is 0.0452. The molecule has 154 valence electrons. The molecular formula is C27H22BrNO2. The van der Waals surface area contributed by atoms with E-state index in [1.54, 1.807) is 6.08 Å². The molecule has 1 spiro atoms.